The highest BCUT2D eigenvalue weighted by atomic mass is 32.2. The van der Waals surface area contributed by atoms with Gasteiger partial charge in [-0.05, 0) is 31.4 Å². The Morgan fingerprint density at radius 1 is 0.905 bits per heavy atom. The van der Waals surface area contributed by atoms with Crippen molar-refractivity contribution in [2.75, 3.05) is 6.61 Å². The third kappa shape index (κ3) is 8.02. The van der Waals surface area contributed by atoms with Gasteiger partial charge < -0.3 is 0 Å². The Labute approximate surface area is 129 Å². The molecule has 0 atom stereocenters. The quantitative estimate of drug-likeness (QED) is 0.319. The molecular formula is C17H26O3S. The Hall–Kier alpha value is -1.13. The zero-order chi connectivity index (χ0) is 15.4. The van der Waals surface area contributed by atoms with Gasteiger partial charge in [-0.3, -0.25) is 4.18 Å². The molecule has 0 amide bonds. The van der Waals surface area contributed by atoms with Gasteiger partial charge in [0.25, 0.3) is 10.1 Å². The fraction of sp³-hybridized carbons (Fsp3) is 0.529. The van der Waals surface area contributed by atoms with E-state index in [4.69, 9.17) is 4.18 Å². The van der Waals surface area contributed by atoms with Crippen LogP contribution in [0, 0.1) is 0 Å². The SMILES string of the molecule is C=CCCCCCCCCCOS(=O)(=O)c1ccccc1. The number of hydrogen-bond acceptors (Lipinski definition) is 3. The highest BCUT2D eigenvalue weighted by Crippen LogP contribution is 2.13. The summed E-state index contributed by atoms with van der Waals surface area (Å²) in [5.74, 6) is 0. The standard InChI is InChI=1S/C17H26O3S/c1-2-3-4-5-6-7-8-9-13-16-20-21(18,19)17-14-11-10-12-15-17/h2,10-12,14-15H,1,3-9,13,16H2. The van der Waals surface area contributed by atoms with Crippen LogP contribution in [-0.2, 0) is 14.3 Å². The monoisotopic (exact) mass is 310 g/mol. The van der Waals surface area contributed by atoms with Gasteiger partial charge in [0.15, 0.2) is 0 Å². The van der Waals surface area contributed by atoms with E-state index in [0.717, 1.165) is 25.7 Å². The van der Waals surface area contributed by atoms with Crippen LogP contribution in [0.4, 0.5) is 0 Å². The summed E-state index contributed by atoms with van der Waals surface area (Å²) < 4.78 is 28.7. The van der Waals surface area contributed by atoms with Crippen molar-refractivity contribution in [3.8, 4) is 0 Å². The first kappa shape index (κ1) is 17.9. The second-order valence-corrected chi connectivity index (χ2v) is 6.76. The summed E-state index contributed by atoms with van der Waals surface area (Å²) >= 11 is 0. The number of hydrogen-bond donors (Lipinski definition) is 0. The van der Waals surface area contributed by atoms with E-state index in [1.54, 1.807) is 30.3 Å². The topological polar surface area (TPSA) is 43.4 Å². The van der Waals surface area contributed by atoms with Gasteiger partial charge in [-0.25, -0.2) is 0 Å². The van der Waals surface area contributed by atoms with E-state index in [-0.39, 0.29) is 11.5 Å². The Morgan fingerprint density at radius 2 is 1.48 bits per heavy atom. The molecule has 0 saturated carbocycles. The van der Waals surface area contributed by atoms with Crippen molar-refractivity contribution in [2.24, 2.45) is 0 Å². The fourth-order valence-electron chi connectivity index (χ4n) is 2.10. The zero-order valence-corrected chi connectivity index (χ0v) is 13.5. The van der Waals surface area contributed by atoms with Crippen molar-refractivity contribution in [3.63, 3.8) is 0 Å². The molecule has 0 N–H and O–H groups in total. The molecule has 118 valence electrons. The summed E-state index contributed by atoms with van der Waals surface area (Å²) in [5, 5.41) is 0. The lowest BCUT2D eigenvalue weighted by molar-refractivity contribution is 0.306. The summed E-state index contributed by atoms with van der Waals surface area (Å²) in [4.78, 5) is 0.229. The molecule has 0 aromatic heterocycles. The van der Waals surface area contributed by atoms with E-state index in [1.807, 2.05) is 6.08 Å². The second-order valence-electron chi connectivity index (χ2n) is 5.14. The first-order chi connectivity index (χ1) is 10.2. The maximum absolute atomic E-state index is 11.8. The third-order valence-corrected chi connectivity index (χ3v) is 4.65. The Kier molecular flexibility index (Phi) is 9.02. The Morgan fingerprint density at radius 3 is 2.10 bits per heavy atom. The molecule has 1 aromatic carbocycles. The van der Waals surface area contributed by atoms with Crippen molar-refractivity contribution in [1.29, 1.82) is 0 Å². The molecule has 0 aliphatic heterocycles. The van der Waals surface area contributed by atoms with Gasteiger partial charge in [0, 0.05) is 0 Å². The van der Waals surface area contributed by atoms with Gasteiger partial charge in [-0.15, -0.1) is 6.58 Å². The van der Waals surface area contributed by atoms with Crippen LogP contribution < -0.4 is 0 Å². The Balaban J connectivity index is 2.05. The molecule has 0 fully saturated rings. The van der Waals surface area contributed by atoms with Crippen LogP contribution in [0.2, 0.25) is 0 Å². The van der Waals surface area contributed by atoms with Crippen molar-refractivity contribution >= 4 is 10.1 Å². The van der Waals surface area contributed by atoms with E-state index < -0.39 is 10.1 Å². The van der Waals surface area contributed by atoms with Gasteiger partial charge in [-0.2, -0.15) is 8.42 Å². The van der Waals surface area contributed by atoms with Crippen LogP contribution in [0.3, 0.4) is 0 Å². The number of allylic oxidation sites excluding steroid dienone is 1. The first-order valence-corrected chi connectivity index (χ1v) is 9.13. The predicted molar refractivity (Wildman–Crippen MR) is 86.7 cm³/mol. The number of rotatable bonds is 12. The van der Waals surface area contributed by atoms with Gasteiger partial charge in [-0.1, -0.05) is 56.4 Å². The van der Waals surface area contributed by atoms with E-state index in [2.05, 4.69) is 6.58 Å². The molecule has 1 aromatic rings. The molecule has 0 aliphatic rings. The van der Waals surface area contributed by atoms with E-state index in [1.165, 1.54) is 25.7 Å². The highest BCUT2D eigenvalue weighted by Gasteiger charge is 2.13. The van der Waals surface area contributed by atoms with Crippen LogP contribution in [0.15, 0.2) is 47.9 Å². The minimum Gasteiger partial charge on any atom is -0.266 e. The van der Waals surface area contributed by atoms with Crippen molar-refractivity contribution in [3.05, 3.63) is 43.0 Å². The first-order valence-electron chi connectivity index (χ1n) is 7.72. The maximum atomic E-state index is 11.8. The van der Waals surface area contributed by atoms with Crippen molar-refractivity contribution in [1.82, 2.24) is 0 Å². The van der Waals surface area contributed by atoms with Crippen LogP contribution in [0.5, 0.6) is 0 Å². The minimum absolute atomic E-state index is 0.229. The van der Waals surface area contributed by atoms with Crippen LogP contribution in [0.25, 0.3) is 0 Å². The minimum atomic E-state index is -3.58. The molecule has 0 aliphatic carbocycles. The van der Waals surface area contributed by atoms with Gasteiger partial charge in [0.2, 0.25) is 0 Å². The summed E-state index contributed by atoms with van der Waals surface area (Å²) in [5.41, 5.74) is 0. The molecule has 21 heavy (non-hydrogen) atoms. The average Bonchev–Trinajstić information content (AvgIpc) is 2.50. The van der Waals surface area contributed by atoms with Crippen LogP contribution >= 0.6 is 0 Å². The summed E-state index contributed by atoms with van der Waals surface area (Å²) in [6, 6.07) is 8.29. The lowest BCUT2D eigenvalue weighted by atomic mass is 10.1. The van der Waals surface area contributed by atoms with Gasteiger partial charge in [0.1, 0.15) is 0 Å². The Bertz CT molecular complexity index is 480. The smallest absolute Gasteiger partial charge is 0.266 e. The molecule has 0 spiro atoms. The molecule has 0 radical (unpaired) electrons. The van der Waals surface area contributed by atoms with Crippen LogP contribution in [0.1, 0.15) is 51.4 Å². The lowest BCUT2D eigenvalue weighted by Gasteiger charge is -2.05. The summed E-state index contributed by atoms with van der Waals surface area (Å²) in [7, 11) is -3.58. The second kappa shape index (κ2) is 10.6. The maximum Gasteiger partial charge on any atom is 0.296 e. The van der Waals surface area contributed by atoms with Gasteiger partial charge >= 0.3 is 0 Å². The van der Waals surface area contributed by atoms with E-state index >= 15 is 0 Å². The zero-order valence-electron chi connectivity index (χ0n) is 12.7. The highest BCUT2D eigenvalue weighted by molar-refractivity contribution is 7.86. The predicted octanol–water partition coefficient (Wildman–Crippen LogP) is 4.70. The van der Waals surface area contributed by atoms with E-state index in [9.17, 15) is 8.42 Å². The largest absolute Gasteiger partial charge is 0.296 e. The molecule has 1 rings (SSSR count). The molecule has 4 heteroatoms. The third-order valence-electron chi connectivity index (χ3n) is 3.32. The van der Waals surface area contributed by atoms with E-state index in [0.29, 0.717) is 0 Å². The summed E-state index contributed by atoms with van der Waals surface area (Å²) in [6.45, 7) is 3.98. The molecule has 0 saturated heterocycles. The van der Waals surface area contributed by atoms with Crippen molar-refractivity contribution < 1.29 is 12.6 Å². The number of unbranched alkanes of at least 4 members (excludes halogenated alkanes) is 7. The van der Waals surface area contributed by atoms with Crippen LogP contribution in [-0.4, -0.2) is 15.0 Å². The average molecular weight is 310 g/mol. The van der Waals surface area contributed by atoms with Gasteiger partial charge in [0.05, 0.1) is 11.5 Å². The molecule has 0 unspecified atom stereocenters. The lowest BCUT2D eigenvalue weighted by Crippen LogP contribution is -2.07. The molecule has 0 bridgehead atoms. The summed E-state index contributed by atoms with van der Waals surface area (Å²) in [6.07, 6.45) is 11.0. The normalized spacial score (nSPS) is 11.4. The number of benzene rings is 1. The molecule has 0 heterocycles. The molecule has 3 nitrogen and oxygen atoms in total. The van der Waals surface area contributed by atoms with Crippen molar-refractivity contribution in [2.45, 2.75) is 56.3 Å². The fourth-order valence-corrected chi connectivity index (χ4v) is 3.06. The molecular weight excluding hydrogens is 284 g/mol.